The minimum atomic E-state index is 0.515. The molecule has 0 unspecified atom stereocenters. The lowest BCUT2D eigenvalue weighted by atomic mass is 10.1. The van der Waals surface area contributed by atoms with Gasteiger partial charge in [-0.1, -0.05) is 0 Å². The van der Waals surface area contributed by atoms with Gasteiger partial charge in [0.2, 0.25) is 5.95 Å². The first kappa shape index (κ1) is 15.9. The van der Waals surface area contributed by atoms with Crippen LogP contribution in [0.3, 0.4) is 0 Å². The summed E-state index contributed by atoms with van der Waals surface area (Å²) in [6.45, 7) is 1.13. The van der Waals surface area contributed by atoms with Crippen LogP contribution in [0.5, 0.6) is 5.75 Å². The van der Waals surface area contributed by atoms with Crippen LogP contribution in [0.2, 0.25) is 0 Å². The molecule has 6 nitrogen and oxygen atoms in total. The quantitative estimate of drug-likeness (QED) is 0.726. The van der Waals surface area contributed by atoms with E-state index in [2.05, 4.69) is 20.3 Å². The fourth-order valence-electron chi connectivity index (χ4n) is 2.29. The highest BCUT2D eigenvalue weighted by Crippen LogP contribution is 2.26. The lowest BCUT2D eigenvalue weighted by Crippen LogP contribution is -2.15. The molecule has 0 aliphatic rings. The van der Waals surface area contributed by atoms with Crippen molar-refractivity contribution in [1.29, 1.82) is 0 Å². The van der Waals surface area contributed by atoms with Gasteiger partial charge in [-0.3, -0.25) is 4.98 Å². The Balaban J connectivity index is 2.03. The molecule has 0 fully saturated rings. The number of nitrogens with two attached hydrogens (primary N) is 1. The molecule has 2 heterocycles. The highest BCUT2D eigenvalue weighted by molar-refractivity contribution is 5.69. The molecule has 3 rings (SSSR count). The Hall–Kier alpha value is -2.99. The summed E-state index contributed by atoms with van der Waals surface area (Å²) in [5.41, 5.74) is 9.20. The van der Waals surface area contributed by atoms with Crippen LogP contribution in [0.15, 0.2) is 54.9 Å². The first-order valence-electron chi connectivity index (χ1n) is 7.68. The number of aromatic nitrogens is 3. The molecule has 0 saturated carbocycles. The van der Waals surface area contributed by atoms with Gasteiger partial charge in [-0.05, 0) is 42.5 Å². The van der Waals surface area contributed by atoms with E-state index in [9.17, 15) is 0 Å². The smallest absolute Gasteiger partial charge is 0.223 e. The minimum absolute atomic E-state index is 0.515. The van der Waals surface area contributed by atoms with Crippen LogP contribution in [0.1, 0.15) is 0 Å². The number of nitrogens with zero attached hydrogens (tertiary/aromatic N) is 3. The van der Waals surface area contributed by atoms with Crippen LogP contribution in [0.4, 0.5) is 5.95 Å². The first-order chi connectivity index (χ1) is 11.8. The van der Waals surface area contributed by atoms with E-state index in [1.54, 1.807) is 19.5 Å². The minimum Gasteiger partial charge on any atom is -0.497 e. The van der Waals surface area contributed by atoms with Crippen molar-refractivity contribution in [2.45, 2.75) is 0 Å². The van der Waals surface area contributed by atoms with E-state index in [1.807, 2.05) is 42.5 Å². The molecule has 0 aliphatic heterocycles. The summed E-state index contributed by atoms with van der Waals surface area (Å²) < 4.78 is 5.21. The first-order valence-corrected chi connectivity index (χ1v) is 7.68. The van der Waals surface area contributed by atoms with Gasteiger partial charge < -0.3 is 15.8 Å². The van der Waals surface area contributed by atoms with Crippen LogP contribution in [0.25, 0.3) is 22.5 Å². The van der Waals surface area contributed by atoms with Gasteiger partial charge in [-0.2, -0.15) is 0 Å². The molecular weight excluding hydrogens is 302 g/mol. The molecular formula is C18H19N5O. The van der Waals surface area contributed by atoms with Crippen LogP contribution >= 0.6 is 0 Å². The zero-order chi connectivity index (χ0) is 16.8. The third-order valence-electron chi connectivity index (χ3n) is 3.52. The summed E-state index contributed by atoms with van der Waals surface area (Å²) in [7, 11) is 1.65. The Labute approximate surface area is 140 Å². The Morgan fingerprint density at radius 2 is 1.58 bits per heavy atom. The lowest BCUT2D eigenvalue weighted by Gasteiger charge is -2.10. The second-order valence-corrected chi connectivity index (χ2v) is 5.14. The molecule has 0 radical (unpaired) electrons. The zero-order valence-electron chi connectivity index (χ0n) is 13.4. The number of hydrogen-bond donors (Lipinski definition) is 2. The highest BCUT2D eigenvalue weighted by Gasteiger charge is 2.08. The number of rotatable bonds is 6. The van der Waals surface area contributed by atoms with Gasteiger partial charge in [0.05, 0.1) is 18.5 Å². The van der Waals surface area contributed by atoms with Crippen LogP contribution < -0.4 is 15.8 Å². The van der Waals surface area contributed by atoms with Crippen molar-refractivity contribution in [2.75, 3.05) is 25.5 Å². The standard InChI is InChI=1S/C18H19N5O/c1-24-15-4-2-13(3-5-15)16-12-17(14-6-9-20-10-7-14)23-18(22-16)21-11-8-19/h2-7,9-10,12H,8,11,19H2,1H3,(H,21,22,23). The number of anilines is 1. The maximum Gasteiger partial charge on any atom is 0.223 e. The second kappa shape index (κ2) is 7.52. The third kappa shape index (κ3) is 3.67. The summed E-state index contributed by atoms with van der Waals surface area (Å²) in [6, 6.07) is 13.6. The molecule has 2 aromatic heterocycles. The molecule has 122 valence electrons. The number of ether oxygens (including phenoxy) is 1. The van der Waals surface area contributed by atoms with Crippen molar-refractivity contribution in [2.24, 2.45) is 5.73 Å². The van der Waals surface area contributed by atoms with Gasteiger partial charge >= 0.3 is 0 Å². The summed E-state index contributed by atoms with van der Waals surface area (Å²) in [4.78, 5) is 13.2. The SMILES string of the molecule is COc1ccc(-c2cc(-c3ccncc3)nc(NCCN)n2)cc1. The molecule has 1 aromatic carbocycles. The average molecular weight is 321 g/mol. The molecule has 24 heavy (non-hydrogen) atoms. The van der Waals surface area contributed by atoms with E-state index in [1.165, 1.54) is 0 Å². The Morgan fingerprint density at radius 3 is 2.17 bits per heavy atom. The molecule has 3 aromatic rings. The molecule has 0 saturated heterocycles. The Bertz CT molecular complexity index is 790. The largest absolute Gasteiger partial charge is 0.497 e. The van der Waals surface area contributed by atoms with Gasteiger partial charge in [0.1, 0.15) is 5.75 Å². The summed E-state index contributed by atoms with van der Waals surface area (Å²) >= 11 is 0. The molecule has 0 atom stereocenters. The normalized spacial score (nSPS) is 10.4. The third-order valence-corrected chi connectivity index (χ3v) is 3.52. The number of benzene rings is 1. The summed E-state index contributed by atoms with van der Waals surface area (Å²) in [5.74, 6) is 1.37. The molecule has 0 spiro atoms. The number of nitrogens with one attached hydrogen (secondary N) is 1. The highest BCUT2D eigenvalue weighted by atomic mass is 16.5. The van der Waals surface area contributed by atoms with E-state index in [4.69, 9.17) is 10.5 Å². The van der Waals surface area contributed by atoms with Crippen molar-refractivity contribution in [1.82, 2.24) is 15.0 Å². The van der Waals surface area contributed by atoms with Crippen molar-refractivity contribution in [3.63, 3.8) is 0 Å². The molecule has 0 bridgehead atoms. The predicted molar refractivity (Wildman–Crippen MR) is 94.8 cm³/mol. The number of methoxy groups -OCH3 is 1. The van der Waals surface area contributed by atoms with Gasteiger partial charge in [0, 0.05) is 36.6 Å². The molecule has 0 amide bonds. The predicted octanol–water partition coefficient (Wildman–Crippen LogP) is 2.58. The van der Waals surface area contributed by atoms with Gasteiger partial charge in [0.25, 0.3) is 0 Å². The van der Waals surface area contributed by atoms with Crippen LogP contribution in [-0.4, -0.2) is 35.2 Å². The molecule has 3 N–H and O–H groups in total. The van der Waals surface area contributed by atoms with Crippen molar-refractivity contribution < 1.29 is 4.74 Å². The van der Waals surface area contributed by atoms with Gasteiger partial charge in [0.15, 0.2) is 0 Å². The van der Waals surface area contributed by atoms with E-state index in [0.717, 1.165) is 28.3 Å². The monoisotopic (exact) mass is 321 g/mol. The van der Waals surface area contributed by atoms with Crippen LogP contribution in [-0.2, 0) is 0 Å². The van der Waals surface area contributed by atoms with E-state index in [-0.39, 0.29) is 0 Å². The fourth-order valence-corrected chi connectivity index (χ4v) is 2.29. The Morgan fingerprint density at radius 1 is 0.958 bits per heavy atom. The van der Waals surface area contributed by atoms with Crippen molar-refractivity contribution >= 4 is 5.95 Å². The maximum absolute atomic E-state index is 5.57. The second-order valence-electron chi connectivity index (χ2n) is 5.14. The molecule has 6 heteroatoms. The average Bonchev–Trinajstić information content (AvgIpc) is 2.67. The van der Waals surface area contributed by atoms with E-state index >= 15 is 0 Å². The van der Waals surface area contributed by atoms with Crippen molar-refractivity contribution in [3.05, 3.63) is 54.9 Å². The molecule has 0 aliphatic carbocycles. The Kier molecular flexibility index (Phi) is 4.98. The maximum atomic E-state index is 5.57. The summed E-state index contributed by atoms with van der Waals surface area (Å²) in [6.07, 6.45) is 3.50. The zero-order valence-corrected chi connectivity index (χ0v) is 13.4. The number of pyridine rings is 1. The lowest BCUT2D eigenvalue weighted by molar-refractivity contribution is 0.415. The van der Waals surface area contributed by atoms with Gasteiger partial charge in [-0.25, -0.2) is 9.97 Å². The fraction of sp³-hybridized carbons (Fsp3) is 0.167. The number of hydrogen-bond acceptors (Lipinski definition) is 6. The van der Waals surface area contributed by atoms with Crippen molar-refractivity contribution in [3.8, 4) is 28.3 Å². The van der Waals surface area contributed by atoms with Gasteiger partial charge in [-0.15, -0.1) is 0 Å². The van der Waals surface area contributed by atoms with E-state index in [0.29, 0.717) is 19.0 Å². The van der Waals surface area contributed by atoms with E-state index < -0.39 is 0 Å². The summed E-state index contributed by atoms with van der Waals surface area (Å²) in [5, 5.41) is 3.15. The topological polar surface area (TPSA) is 86.0 Å². The van der Waals surface area contributed by atoms with Crippen LogP contribution in [0, 0.1) is 0 Å².